The molecule has 1 aromatic carbocycles. The van der Waals surface area contributed by atoms with Crippen molar-refractivity contribution in [3.63, 3.8) is 0 Å². The van der Waals surface area contributed by atoms with Gasteiger partial charge in [-0.15, -0.1) is 0 Å². The van der Waals surface area contributed by atoms with Gasteiger partial charge in [0.05, 0.1) is 17.3 Å². The summed E-state index contributed by atoms with van der Waals surface area (Å²) in [6.45, 7) is 4.67. The molecule has 0 bridgehead atoms. The number of anilines is 1. The van der Waals surface area contributed by atoms with Crippen LogP contribution in [0.1, 0.15) is 33.1 Å². The van der Waals surface area contributed by atoms with Gasteiger partial charge >= 0.3 is 0 Å². The van der Waals surface area contributed by atoms with Crippen LogP contribution in [0.15, 0.2) is 21.1 Å². The van der Waals surface area contributed by atoms with E-state index in [-0.39, 0.29) is 0 Å². The molecule has 0 aliphatic heterocycles. The lowest BCUT2D eigenvalue weighted by Crippen LogP contribution is -2.30. The molecule has 1 unspecified atom stereocenters. The monoisotopic (exact) mass is 375 g/mol. The van der Waals surface area contributed by atoms with E-state index >= 15 is 0 Å². The predicted molar refractivity (Wildman–Crippen MR) is 83.4 cm³/mol. The van der Waals surface area contributed by atoms with Crippen LogP contribution in [0.2, 0.25) is 0 Å². The number of hydrogen-bond donors (Lipinski definition) is 1. The largest absolute Gasteiger partial charge is 0.495 e. The molecule has 0 radical (unpaired) electrons. The number of rotatable bonds is 3. The van der Waals surface area contributed by atoms with Gasteiger partial charge in [0.15, 0.2) is 0 Å². The SMILES string of the molecule is COc1cc(NC2CCCC2(C)C)c(Br)cc1Br. The first-order valence-electron chi connectivity index (χ1n) is 6.23. The minimum atomic E-state index is 0.361. The van der Waals surface area contributed by atoms with Crippen molar-refractivity contribution in [1.29, 1.82) is 0 Å². The fourth-order valence-corrected chi connectivity index (χ4v) is 3.85. The molecule has 0 aromatic heterocycles. The molecular formula is C14H19Br2NO. The van der Waals surface area contributed by atoms with Gasteiger partial charge in [0.1, 0.15) is 5.75 Å². The lowest BCUT2D eigenvalue weighted by Gasteiger charge is -2.29. The Morgan fingerprint density at radius 2 is 2.00 bits per heavy atom. The summed E-state index contributed by atoms with van der Waals surface area (Å²) in [5.41, 5.74) is 1.47. The third-order valence-electron chi connectivity index (χ3n) is 3.83. The van der Waals surface area contributed by atoms with E-state index in [1.807, 2.05) is 12.1 Å². The van der Waals surface area contributed by atoms with Crippen LogP contribution in [0.4, 0.5) is 5.69 Å². The number of hydrogen-bond acceptors (Lipinski definition) is 2. The summed E-state index contributed by atoms with van der Waals surface area (Å²) < 4.78 is 7.38. The van der Waals surface area contributed by atoms with E-state index in [1.165, 1.54) is 19.3 Å². The molecule has 0 spiro atoms. The number of ether oxygens (including phenoxy) is 1. The highest BCUT2D eigenvalue weighted by Crippen LogP contribution is 2.41. The Bertz CT molecular complexity index is 446. The zero-order chi connectivity index (χ0) is 13.3. The number of halogens is 2. The van der Waals surface area contributed by atoms with Crippen molar-refractivity contribution in [2.45, 2.75) is 39.2 Å². The zero-order valence-corrected chi connectivity index (χ0v) is 14.2. The molecule has 1 fully saturated rings. The zero-order valence-electron chi connectivity index (χ0n) is 11.0. The molecule has 1 aliphatic rings. The maximum absolute atomic E-state index is 5.35. The van der Waals surface area contributed by atoms with Crippen molar-refractivity contribution in [3.8, 4) is 5.75 Å². The summed E-state index contributed by atoms with van der Waals surface area (Å²) in [4.78, 5) is 0. The average molecular weight is 377 g/mol. The highest BCUT2D eigenvalue weighted by molar-refractivity contribution is 9.11. The molecule has 1 aromatic rings. The van der Waals surface area contributed by atoms with E-state index in [4.69, 9.17) is 4.74 Å². The smallest absolute Gasteiger partial charge is 0.135 e. The molecule has 1 saturated carbocycles. The maximum Gasteiger partial charge on any atom is 0.135 e. The van der Waals surface area contributed by atoms with Crippen molar-refractivity contribution >= 4 is 37.5 Å². The summed E-state index contributed by atoms with van der Waals surface area (Å²) in [5, 5.41) is 3.65. The molecule has 1 aliphatic carbocycles. The standard InChI is InChI=1S/C14H19Br2NO/c1-14(2)6-4-5-13(14)17-11-8-12(18-3)10(16)7-9(11)15/h7-8,13,17H,4-6H2,1-3H3. The summed E-state index contributed by atoms with van der Waals surface area (Å²) >= 11 is 7.10. The molecule has 18 heavy (non-hydrogen) atoms. The first-order valence-corrected chi connectivity index (χ1v) is 7.82. The van der Waals surface area contributed by atoms with E-state index in [1.54, 1.807) is 7.11 Å². The highest BCUT2D eigenvalue weighted by Gasteiger charge is 2.34. The molecule has 0 amide bonds. The summed E-state index contributed by atoms with van der Waals surface area (Å²) in [5.74, 6) is 0.858. The van der Waals surface area contributed by atoms with Crippen LogP contribution < -0.4 is 10.1 Å². The molecule has 1 N–H and O–H groups in total. The first-order chi connectivity index (χ1) is 8.44. The Morgan fingerprint density at radius 3 is 2.56 bits per heavy atom. The minimum Gasteiger partial charge on any atom is -0.495 e. The molecule has 0 heterocycles. The van der Waals surface area contributed by atoms with Gasteiger partial charge in [-0.3, -0.25) is 0 Å². The average Bonchev–Trinajstić information content (AvgIpc) is 2.62. The third-order valence-corrected chi connectivity index (χ3v) is 5.10. The van der Waals surface area contributed by atoms with Crippen LogP contribution in [0.5, 0.6) is 5.75 Å². The normalized spacial score (nSPS) is 21.9. The molecular weight excluding hydrogens is 358 g/mol. The lowest BCUT2D eigenvalue weighted by atomic mass is 9.87. The molecule has 100 valence electrons. The maximum atomic E-state index is 5.35. The Labute approximate surface area is 126 Å². The quantitative estimate of drug-likeness (QED) is 0.781. The van der Waals surface area contributed by atoms with Gasteiger partial charge in [0.25, 0.3) is 0 Å². The Kier molecular flexibility index (Phi) is 4.27. The predicted octanol–water partition coefficient (Wildman–Crippen LogP) is 5.21. The van der Waals surface area contributed by atoms with Gasteiger partial charge in [-0.05, 0) is 56.2 Å². The van der Waals surface area contributed by atoms with Crippen LogP contribution in [0, 0.1) is 5.41 Å². The van der Waals surface area contributed by atoms with Crippen LogP contribution in [0.25, 0.3) is 0 Å². The lowest BCUT2D eigenvalue weighted by molar-refractivity contribution is 0.349. The Morgan fingerprint density at radius 1 is 1.28 bits per heavy atom. The molecule has 0 saturated heterocycles. The van der Waals surface area contributed by atoms with Crippen LogP contribution in [-0.4, -0.2) is 13.2 Å². The van der Waals surface area contributed by atoms with Gasteiger partial charge in [-0.2, -0.15) is 0 Å². The fraction of sp³-hybridized carbons (Fsp3) is 0.571. The van der Waals surface area contributed by atoms with Crippen LogP contribution in [0.3, 0.4) is 0 Å². The van der Waals surface area contributed by atoms with Crippen molar-refractivity contribution < 1.29 is 4.74 Å². The number of methoxy groups -OCH3 is 1. The molecule has 2 rings (SSSR count). The second-order valence-electron chi connectivity index (χ2n) is 5.54. The van der Waals surface area contributed by atoms with Crippen molar-refractivity contribution in [3.05, 3.63) is 21.1 Å². The highest BCUT2D eigenvalue weighted by atomic mass is 79.9. The minimum absolute atomic E-state index is 0.361. The van der Waals surface area contributed by atoms with Gasteiger partial charge in [0.2, 0.25) is 0 Å². The topological polar surface area (TPSA) is 21.3 Å². The van der Waals surface area contributed by atoms with Crippen molar-refractivity contribution in [2.24, 2.45) is 5.41 Å². The number of benzene rings is 1. The molecule has 4 heteroatoms. The van der Waals surface area contributed by atoms with E-state index in [2.05, 4.69) is 51.0 Å². The van der Waals surface area contributed by atoms with E-state index in [0.717, 1.165) is 20.4 Å². The van der Waals surface area contributed by atoms with Crippen LogP contribution >= 0.6 is 31.9 Å². The van der Waals surface area contributed by atoms with Gasteiger partial charge in [-0.25, -0.2) is 0 Å². The summed E-state index contributed by atoms with van der Waals surface area (Å²) in [6.07, 6.45) is 3.82. The van der Waals surface area contributed by atoms with E-state index < -0.39 is 0 Å². The summed E-state index contributed by atoms with van der Waals surface area (Å²) in [6, 6.07) is 4.60. The summed E-state index contributed by atoms with van der Waals surface area (Å²) in [7, 11) is 1.69. The van der Waals surface area contributed by atoms with E-state index in [9.17, 15) is 0 Å². The third kappa shape index (κ3) is 2.85. The second kappa shape index (κ2) is 5.41. The van der Waals surface area contributed by atoms with Gasteiger partial charge in [0, 0.05) is 16.6 Å². The first kappa shape index (κ1) is 14.2. The molecule has 2 nitrogen and oxygen atoms in total. The second-order valence-corrected chi connectivity index (χ2v) is 7.25. The van der Waals surface area contributed by atoms with Gasteiger partial charge in [-0.1, -0.05) is 20.3 Å². The van der Waals surface area contributed by atoms with Gasteiger partial charge < -0.3 is 10.1 Å². The number of nitrogens with one attached hydrogen (secondary N) is 1. The fourth-order valence-electron chi connectivity index (χ4n) is 2.58. The Hall–Kier alpha value is -0.220. The Balaban J connectivity index is 2.24. The van der Waals surface area contributed by atoms with Crippen molar-refractivity contribution in [1.82, 2.24) is 0 Å². The van der Waals surface area contributed by atoms with E-state index in [0.29, 0.717) is 11.5 Å². The molecule has 1 atom stereocenters. The van der Waals surface area contributed by atoms with Crippen LogP contribution in [-0.2, 0) is 0 Å². The van der Waals surface area contributed by atoms with Crippen molar-refractivity contribution in [2.75, 3.05) is 12.4 Å².